The molecule has 2 heteroatoms. The Balaban J connectivity index is 2.60. The van der Waals surface area contributed by atoms with Gasteiger partial charge in [-0.1, -0.05) is 47.5 Å². The van der Waals surface area contributed by atoms with Gasteiger partial charge in [0.1, 0.15) is 0 Å². The molecule has 0 unspecified atom stereocenters. The summed E-state index contributed by atoms with van der Waals surface area (Å²) in [6.45, 7) is 4.04. The number of carbonyl (C=O) groups is 1. The largest absolute Gasteiger partial charge is 0.366 e. The third kappa shape index (κ3) is 2.36. The molecule has 0 spiro atoms. The van der Waals surface area contributed by atoms with Gasteiger partial charge in [0.2, 0.25) is 5.91 Å². The summed E-state index contributed by atoms with van der Waals surface area (Å²) in [6, 6.07) is 13.8. The van der Waals surface area contributed by atoms with Crippen molar-refractivity contribution in [3.05, 3.63) is 59.2 Å². The molecule has 0 atom stereocenters. The number of rotatable bonds is 2. The standard InChI is InChI=1S/C15H15NO/c1-10-3-6-12(7-4-10)14-9-11(2)5-8-13(14)15(16)17/h3-9H,1-2H3,(H2,16,17). The summed E-state index contributed by atoms with van der Waals surface area (Å²) in [6.07, 6.45) is 0. The van der Waals surface area contributed by atoms with E-state index in [9.17, 15) is 4.79 Å². The van der Waals surface area contributed by atoms with Crippen LogP contribution in [0.25, 0.3) is 11.1 Å². The van der Waals surface area contributed by atoms with Crippen LogP contribution in [0.4, 0.5) is 0 Å². The Bertz CT molecular complexity index is 556. The highest BCUT2D eigenvalue weighted by atomic mass is 16.1. The van der Waals surface area contributed by atoms with E-state index in [-0.39, 0.29) is 5.91 Å². The normalized spacial score (nSPS) is 10.2. The smallest absolute Gasteiger partial charge is 0.249 e. The molecule has 0 radical (unpaired) electrons. The van der Waals surface area contributed by atoms with Crippen LogP contribution in [-0.4, -0.2) is 5.91 Å². The first-order chi connectivity index (χ1) is 8.08. The average molecular weight is 225 g/mol. The highest BCUT2D eigenvalue weighted by molar-refractivity contribution is 6.00. The van der Waals surface area contributed by atoms with Crippen LogP contribution in [0.3, 0.4) is 0 Å². The molecule has 0 saturated carbocycles. The van der Waals surface area contributed by atoms with Gasteiger partial charge in [-0.05, 0) is 31.0 Å². The van der Waals surface area contributed by atoms with Gasteiger partial charge in [0.05, 0.1) is 0 Å². The number of carbonyl (C=O) groups excluding carboxylic acids is 1. The fourth-order valence-electron chi connectivity index (χ4n) is 1.84. The first-order valence-electron chi connectivity index (χ1n) is 5.55. The first kappa shape index (κ1) is 11.4. The third-order valence-corrected chi connectivity index (χ3v) is 2.80. The van der Waals surface area contributed by atoms with Crippen molar-refractivity contribution in [2.75, 3.05) is 0 Å². The number of nitrogens with two attached hydrogens (primary N) is 1. The third-order valence-electron chi connectivity index (χ3n) is 2.80. The molecule has 2 rings (SSSR count). The number of hydrogen-bond acceptors (Lipinski definition) is 1. The number of benzene rings is 2. The number of primary amides is 1. The highest BCUT2D eigenvalue weighted by Gasteiger charge is 2.09. The van der Waals surface area contributed by atoms with Crippen LogP contribution in [0.5, 0.6) is 0 Å². The molecule has 0 bridgehead atoms. The maximum Gasteiger partial charge on any atom is 0.249 e. The zero-order chi connectivity index (χ0) is 12.4. The molecule has 0 aliphatic heterocycles. The van der Waals surface area contributed by atoms with Gasteiger partial charge in [-0.25, -0.2) is 0 Å². The highest BCUT2D eigenvalue weighted by Crippen LogP contribution is 2.25. The SMILES string of the molecule is Cc1ccc(-c2cc(C)ccc2C(N)=O)cc1. The maximum atomic E-state index is 11.4. The van der Waals surface area contributed by atoms with Gasteiger partial charge in [-0.3, -0.25) is 4.79 Å². The van der Waals surface area contributed by atoms with Crippen LogP contribution >= 0.6 is 0 Å². The minimum absolute atomic E-state index is 0.388. The van der Waals surface area contributed by atoms with Crippen LogP contribution < -0.4 is 5.73 Å². The van der Waals surface area contributed by atoms with Crippen LogP contribution in [-0.2, 0) is 0 Å². The van der Waals surface area contributed by atoms with Crippen molar-refractivity contribution in [1.29, 1.82) is 0 Å². The molecule has 2 aromatic rings. The van der Waals surface area contributed by atoms with Crippen molar-refractivity contribution < 1.29 is 4.79 Å². The Labute approximate surface area is 101 Å². The summed E-state index contributed by atoms with van der Waals surface area (Å²) in [5, 5.41) is 0. The van der Waals surface area contributed by atoms with Gasteiger partial charge in [-0.15, -0.1) is 0 Å². The molecule has 0 aromatic heterocycles. The summed E-state index contributed by atoms with van der Waals surface area (Å²) in [5.74, 6) is -0.388. The lowest BCUT2D eigenvalue weighted by Crippen LogP contribution is -2.12. The summed E-state index contributed by atoms with van der Waals surface area (Å²) >= 11 is 0. The Morgan fingerprint density at radius 1 is 0.941 bits per heavy atom. The van der Waals surface area contributed by atoms with Crippen molar-refractivity contribution in [3.8, 4) is 11.1 Å². The van der Waals surface area contributed by atoms with E-state index >= 15 is 0 Å². The second-order valence-electron chi connectivity index (χ2n) is 4.28. The molecule has 0 fully saturated rings. The van der Waals surface area contributed by atoms with E-state index in [0.717, 1.165) is 16.7 Å². The molecule has 2 aromatic carbocycles. The second kappa shape index (κ2) is 4.42. The Hall–Kier alpha value is -2.09. The number of aryl methyl sites for hydroxylation is 2. The molecule has 0 saturated heterocycles. The fourth-order valence-corrected chi connectivity index (χ4v) is 1.84. The van der Waals surface area contributed by atoms with Gasteiger partial charge in [-0.2, -0.15) is 0 Å². The first-order valence-corrected chi connectivity index (χ1v) is 5.55. The Morgan fingerprint density at radius 3 is 2.12 bits per heavy atom. The van der Waals surface area contributed by atoms with E-state index in [4.69, 9.17) is 5.73 Å². The van der Waals surface area contributed by atoms with Crippen molar-refractivity contribution in [3.63, 3.8) is 0 Å². The van der Waals surface area contributed by atoms with E-state index in [1.54, 1.807) is 6.07 Å². The fraction of sp³-hybridized carbons (Fsp3) is 0.133. The molecular formula is C15H15NO. The molecule has 0 heterocycles. The zero-order valence-electron chi connectivity index (χ0n) is 10.0. The Kier molecular flexibility index (Phi) is 2.96. The zero-order valence-corrected chi connectivity index (χ0v) is 10.0. The molecule has 86 valence electrons. The molecule has 17 heavy (non-hydrogen) atoms. The minimum atomic E-state index is -0.388. The van der Waals surface area contributed by atoms with E-state index in [2.05, 4.69) is 0 Å². The molecule has 0 aliphatic rings. The summed E-state index contributed by atoms with van der Waals surface area (Å²) in [5.41, 5.74) is 10.2. The lowest BCUT2D eigenvalue weighted by Gasteiger charge is -2.08. The van der Waals surface area contributed by atoms with Crippen molar-refractivity contribution in [1.82, 2.24) is 0 Å². The van der Waals surface area contributed by atoms with E-state index in [0.29, 0.717) is 5.56 Å². The van der Waals surface area contributed by atoms with E-state index in [1.807, 2.05) is 50.2 Å². The van der Waals surface area contributed by atoms with Crippen LogP contribution in [0.1, 0.15) is 21.5 Å². The molecule has 1 amide bonds. The molecule has 2 nitrogen and oxygen atoms in total. The van der Waals surface area contributed by atoms with Gasteiger partial charge >= 0.3 is 0 Å². The number of hydrogen-bond donors (Lipinski definition) is 1. The predicted octanol–water partition coefficient (Wildman–Crippen LogP) is 3.07. The molecule has 0 aliphatic carbocycles. The van der Waals surface area contributed by atoms with Crippen molar-refractivity contribution in [2.24, 2.45) is 5.73 Å². The van der Waals surface area contributed by atoms with Crippen LogP contribution in [0, 0.1) is 13.8 Å². The second-order valence-corrected chi connectivity index (χ2v) is 4.28. The van der Waals surface area contributed by atoms with E-state index < -0.39 is 0 Å². The van der Waals surface area contributed by atoms with Crippen molar-refractivity contribution >= 4 is 5.91 Å². The van der Waals surface area contributed by atoms with Gasteiger partial charge in [0, 0.05) is 5.56 Å². The summed E-state index contributed by atoms with van der Waals surface area (Å²) < 4.78 is 0. The van der Waals surface area contributed by atoms with Gasteiger partial charge in [0.15, 0.2) is 0 Å². The van der Waals surface area contributed by atoms with Crippen molar-refractivity contribution in [2.45, 2.75) is 13.8 Å². The average Bonchev–Trinajstić information content (AvgIpc) is 2.29. The topological polar surface area (TPSA) is 43.1 Å². The lowest BCUT2D eigenvalue weighted by molar-refractivity contribution is 0.100. The van der Waals surface area contributed by atoms with E-state index in [1.165, 1.54) is 5.56 Å². The maximum absolute atomic E-state index is 11.4. The molecular weight excluding hydrogens is 210 g/mol. The minimum Gasteiger partial charge on any atom is -0.366 e. The van der Waals surface area contributed by atoms with Gasteiger partial charge in [0.25, 0.3) is 0 Å². The van der Waals surface area contributed by atoms with Crippen LogP contribution in [0.2, 0.25) is 0 Å². The molecule has 2 N–H and O–H groups in total. The Morgan fingerprint density at radius 2 is 1.53 bits per heavy atom. The summed E-state index contributed by atoms with van der Waals surface area (Å²) in [7, 11) is 0. The summed E-state index contributed by atoms with van der Waals surface area (Å²) in [4.78, 5) is 11.4. The predicted molar refractivity (Wildman–Crippen MR) is 69.9 cm³/mol. The lowest BCUT2D eigenvalue weighted by atomic mass is 9.96. The monoisotopic (exact) mass is 225 g/mol. The number of amides is 1. The van der Waals surface area contributed by atoms with Crippen LogP contribution in [0.15, 0.2) is 42.5 Å². The quantitative estimate of drug-likeness (QED) is 0.838. The van der Waals surface area contributed by atoms with Gasteiger partial charge < -0.3 is 5.73 Å².